The number of furan rings is 1. The summed E-state index contributed by atoms with van der Waals surface area (Å²) in [5.74, 6) is -0.220. The average Bonchev–Trinajstić information content (AvgIpc) is 3.44. The lowest BCUT2D eigenvalue weighted by atomic mass is 9.95. The molecule has 0 saturated carbocycles. The van der Waals surface area contributed by atoms with E-state index in [1.54, 1.807) is 0 Å². The van der Waals surface area contributed by atoms with Crippen LogP contribution in [-0.4, -0.2) is 0 Å². The van der Waals surface area contributed by atoms with Crippen LogP contribution in [0.5, 0.6) is 0 Å². The molecular formula is C40H25FO. The zero-order chi connectivity index (χ0) is 28.0. The van der Waals surface area contributed by atoms with E-state index >= 15 is 0 Å². The van der Waals surface area contributed by atoms with Crippen LogP contribution in [0.3, 0.4) is 0 Å². The van der Waals surface area contributed by atoms with Crippen LogP contribution in [0.25, 0.3) is 77.2 Å². The molecule has 0 radical (unpaired) electrons. The number of hydrogen-bond donors (Lipinski definition) is 0. The molecule has 0 amide bonds. The molecule has 0 unspecified atom stereocenters. The first-order chi connectivity index (χ1) is 20.7. The molecule has 1 aromatic heterocycles. The van der Waals surface area contributed by atoms with E-state index in [0.29, 0.717) is 0 Å². The normalized spacial score (nSPS) is 11.5. The quantitative estimate of drug-likeness (QED) is 0.216. The fourth-order valence-electron chi connectivity index (χ4n) is 5.92. The van der Waals surface area contributed by atoms with E-state index < -0.39 is 0 Å². The molecule has 0 saturated heterocycles. The Morgan fingerprint density at radius 2 is 0.881 bits per heavy atom. The van der Waals surface area contributed by atoms with Gasteiger partial charge in [0.15, 0.2) is 0 Å². The number of fused-ring (bicyclic) bond motifs is 4. The van der Waals surface area contributed by atoms with Gasteiger partial charge in [-0.05, 0) is 80.0 Å². The highest BCUT2D eigenvalue weighted by Gasteiger charge is 2.12. The summed E-state index contributed by atoms with van der Waals surface area (Å²) in [6.07, 6.45) is 0. The third kappa shape index (κ3) is 4.25. The lowest BCUT2D eigenvalue weighted by Gasteiger charge is -2.09. The highest BCUT2D eigenvalue weighted by atomic mass is 19.1. The molecule has 8 rings (SSSR count). The van der Waals surface area contributed by atoms with Gasteiger partial charge >= 0.3 is 0 Å². The zero-order valence-corrected chi connectivity index (χ0v) is 22.7. The SMILES string of the molecule is Fc1ccc(-c2ccc(-c3ccc4ccc(-c5ccc(-c6cccc7c6oc6ccccc67)cc5)cc4c3)cc2)cc1. The Morgan fingerprint density at radius 3 is 1.52 bits per heavy atom. The summed E-state index contributed by atoms with van der Waals surface area (Å²) in [7, 11) is 0. The van der Waals surface area contributed by atoms with Crippen molar-refractivity contribution in [2.45, 2.75) is 0 Å². The first-order valence-corrected chi connectivity index (χ1v) is 14.1. The summed E-state index contributed by atoms with van der Waals surface area (Å²) in [6, 6.07) is 51.6. The third-order valence-corrected chi connectivity index (χ3v) is 8.17. The largest absolute Gasteiger partial charge is 0.455 e. The Balaban J connectivity index is 1.10. The minimum atomic E-state index is -0.220. The highest BCUT2D eigenvalue weighted by Crippen LogP contribution is 2.37. The smallest absolute Gasteiger partial charge is 0.143 e. The van der Waals surface area contributed by atoms with Gasteiger partial charge in [0.1, 0.15) is 17.0 Å². The predicted molar refractivity (Wildman–Crippen MR) is 173 cm³/mol. The first-order valence-electron chi connectivity index (χ1n) is 14.1. The fraction of sp³-hybridized carbons (Fsp3) is 0. The predicted octanol–water partition coefficient (Wildman–Crippen LogP) is 11.5. The van der Waals surface area contributed by atoms with Crippen LogP contribution >= 0.6 is 0 Å². The van der Waals surface area contributed by atoms with Crippen LogP contribution in [0, 0.1) is 5.82 Å². The van der Waals surface area contributed by atoms with E-state index in [-0.39, 0.29) is 5.82 Å². The van der Waals surface area contributed by atoms with E-state index in [4.69, 9.17) is 4.42 Å². The molecule has 42 heavy (non-hydrogen) atoms. The second kappa shape index (κ2) is 9.87. The summed E-state index contributed by atoms with van der Waals surface area (Å²) >= 11 is 0. The highest BCUT2D eigenvalue weighted by molar-refractivity contribution is 6.09. The van der Waals surface area contributed by atoms with Crippen LogP contribution in [-0.2, 0) is 0 Å². The second-order valence-electron chi connectivity index (χ2n) is 10.7. The van der Waals surface area contributed by atoms with Crippen molar-refractivity contribution in [3.63, 3.8) is 0 Å². The minimum Gasteiger partial charge on any atom is -0.455 e. The molecule has 0 fully saturated rings. The molecule has 1 nitrogen and oxygen atoms in total. The molecule has 0 bridgehead atoms. The third-order valence-electron chi connectivity index (χ3n) is 8.17. The van der Waals surface area contributed by atoms with E-state index in [1.165, 1.54) is 39.6 Å². The van der Waals surface area contributed by atoms with Gasteiger partial charge in [-0.3, -0.25) is 0 Å². The molecule has 0 spiro atoms. The standard InChI is InChI=1S/C40H25FO/c41-35-22-20-27(21-23-35)26-8-10-28(11-9-26)32-18-14-30-15-19-33(25-34(30)24-32)29-12-16-31(17-13-29)36-5-3-6-38-37-4-1-2-7-39(37)42-40(36)38/h1-25H. The number of rotatable bonds is 4. The van der Waals surface area contributed by atoms with Crippen LogP contribution in [0.1, 0.15) is 0 Å². The van der Waals surface area contributed by atoms with Gasteiger partial charge in [0.2, 0.25) is 0 Å². The monoisotopic (exact) mass is 540 g/mol. The summed E-state index contributed by atoms with van der Waals surface area (Å²) in [6.45, 7) is 0. The Labute approximate surface area is 243 Å². The minimum absolute atomic E-state index is 0.220. The van der Waals surface area contributed by atoms with Crippen molar-refractivity contribution in [3.05, 3.63) is 157 Å². The topological polar surface area (TPSA) is 13.1 Å². The van der Waals surface area contributed by atoms with Gasteiger partial charge in [-0.1, -0.05) is 121 Å². The van der Waals surface area contributed by atoms with Crippen molar-refractivity contribution in [3.8, 4) is 44.5 Å². The molecule has 0 atom stereocenters. The van der Waals surface area contributed by atoms with Crippen LogP contribution in [0.2, 0.25) is 0 Å². The van der Waals surface area contributed by atoms with E-state index in [1.807, 2.05) is 24.3 Å². The van der Waals surface area contributed by atoms with E-state index in [9.17, 15) is 4.39 Å². The maximum Gasteiger partial charge on any atom is 0.143 e. The number of halogens is 1. The first kappa shape index (κ1) is 24.3. The van der Waals surface area contributed by atoms with Crippen molar-refractivity contribution in [1.82, 2.24) is 0 Å². The molecule has 0 N–H and O–H groups in total. The molecule has 198 valence electrons. The molecule has 0 aliphatic carbocycles. The molecule has 0 aliphatic rings. The van der Waals surface area contributed by atoms with Gasteiger partial charge in [-0.15, -0.1) is 0 Å². The number of hydrogen-bond acceptors (Lipinski definition) is 1. The molecule has 1 heterocycles. The van der Waals surface area contributed by atoms with Crippen molar-refractivity contribution in [2.75, 3.05) is 0 Å². The van der Waals surface area contributed by atoms with E-state index in [0.717, 1.165) is 49.8 Å². The van der Waals surface area contributed by atoms with Crippen molar-refractivity contribution >= 4 is 32.7 Å². The maximum atomic E-state index is 13.3. The zero-order valence-electron chi connectivity index (χ0n) is 22.7. The number of benzene rings is 7. The van der Waals surface area contributed by atoms with E-state index in [2.05, 4.69) is 115 Å². The van der Waals surface area contributed by atoms with Crippen LogP contribution < -0.4 is 0 Å². The van der Waals surface area contributed by atoms with Gasteiger partial charge in [0, 0.05) is 16.3 Å². The van der Waals surface area contributed by atoms with Crippen molar-refractivity contribution < 1.29 is 8.81 Å². The van der Waals surface area contributed by atoms with Gasteiger partial charge in [0.05, 0.1) is 0 Å². The van der Waals surface area contributed by atoms with Gasteiger partial charge < -0.3 is 4.42 Å². The summed E-state index contributed by atoms with van der Waals surface area (Å²) in [4.78, 5) is 0. The fourth-order valence-corrected chi connectivity index (χ4v) is 5.92. The van der Waals surface area contributed by atoms with Gasteiger partial charge in [0.25, 0.3) is 0 Å². The summed E-state index contributed by atoms with van der Waals surface area (Å²) in [5, 5.41) is 4.69. The van der Waals surface area contributed by atoms with Crippen LogP contribution in [0.4, 0.5) is 4.39 Å². The Hall–Kier alpha value is -5.47. The van der Waals surface area contributed by atoms with Gasteiger partial charge in [-0.2, -0.15) is 0 Å². The van der Waals surface area contributed by atoms with Crippen molar-refractivity contribution in [2.24, 2.45) is 0 Å². The van der Waals surface area contributed by atoms with Crippen LogP contribution in [0.15, 0.2) is 156 Å². The molecule has 2 heteroatoms. The second-order valence-corrected chi connectivity index (χ2v) is 10.7. The average molecular weight is 541 g/mol. The number of para-hydroxylation sites is 2. The van der Waals surface area contributed by atoms with Crippen molar-refractivity contribution in [1.29, 1.82) is 0 Å². The molecule has 8 aromatic rings. The Morgan fingerprint density at radius 1 is 0.381 bits per heavy atom. The Kier molecular flexibility index (Phi) is 5.72. The molecule has 7 aromatic carbocycles. The summed E-state index contributed by atoms with van der Waals surface area (Å²) in [5.41, 5.74) is 10.8. The summed E-state index contributed by atoms with van der Waals surface area (Å²) < 4.78 is 19.6. The lowest BCUT2D eigenvalue weighted by Crippen LogP contribution is -1.84. The maximum absolute atomic E-state index is 13.3. The molecular weight excluding hydrogens is 515 g/mol. The Bertz CT molecular complexity index is 2220. The lowest BCUT2D eigenvalue weighted by molar-refractivity contribution is 0.628. The molecule has 0 aliphatic heterocycles. The van der Waals surface area contributed by atoms with Gasteiger partial charge in [-0.25, -0.2) is 4.39 Å².